The molecule has 1 aliphatic rings. The predicted molar refractivity (Wildman–Crippen MR) is 56.1 cm³/mol. The van der Waals surface area contributed by atoms with Gasteiger partial charge in [-0.05, 0) is 5.56 Å². The molecule has 0 bridgehead atoms. The average Bonchev–Trinajstić information content (AvgIpc) is 2.74. The zero-order valence-electron chi connectivity index (χ0n) is 9.22. The van der Waals surface area contributed by atoms with E-state index in [2.05, 4.69) is 4.74 Å². The molecule has 0 saturated carbocycles. The Bertz CT molecular complexity index is 430. The van der Waals surface area contributed by atoms with Crippen molar-refractivity contribution < 1.29 is 27.8 Å². The first kappa shape index (κ1) is 12.9. The maximum absolute atomic E-state index is 12.7. The number of ether oxygens (including phenoxy) is 1. The van der Waals surface area contributed by atoms with Crippen LogP contribution in [-0.4, -0.2) is 30.0 Å². The third-order valence-electron chi connectivity index (χ3n) is 3.05. The van der Waals surface area contributed by atoms with Crippen molar-refractivity contribution in [1.29, 1.82) is 0 Å². The van der Waals surface area contributed by atoms with Gasteiger partial charge in [-0.3, -0.25) is 4.79 Å². The van der Waals surface area contributed by atoms with Gasteiger partial charge in [0.05, 0.1) is 6.61 Å². The van der Waals surface area contributed by atoms with Crippen molar-refractivity contribution in [2.45, 2.75) is 18.2 Å². The van der Waals surface area contributed by atoms with Crippen LogP contribution in [0.4, 0.5) is 13.2 Å². The molecule has 1 heterocycles. The van der Waals surface area contributed by atoms with E-state index in [1.807, 2.05) is 0 Å². The molecule has 1 N–H and O–H groups in total. The second-order valence-corrected chi connectivity index (χ2v) is 4.18. The van der Waals surface area contributed by atoms with E-state index in [0.29, 0.717) is 5.56 Å². The second kappa shape index (κ2) is 4.61. The lowest BCUT2D eigenvalue weighted by Gasteiger charge is -2.21. The molecule has 1 fully saturated rings. The quantitative estimate of drug-likeness (QED) is 0.888. The molecule has 3 atom stereocenters. The Hall–Kier alpha value is -1.56. The summed E-state index contributed by atoms with van der Waals surface area (Å²) in [7, 11) is 0. The summed E-state index contributed by atoms with van der Waals surface area (Å²) < 4.78 is 42.7. The van der Waals surface area contributed by atoms with E-state index in [1.165, 1.54) is 0 Å². The van der Waals surface area contributed by atoms with Crippen molar-refractivity contribution in [3.8, 4) is 0 Å². The molecule has 3 unspecified atom stereocenters. The average molecular weight is 260 g/mol. The smallest absolute Gasteiger partial charge is 0.415 e. The highest BCUT2D eigenvalue weighted by Crippen LogP contribution is 2.42. The van der Waals surface area contributed by atoms with Crippen LogP contribution in [0.25, 0.3) is 0 Å². The van der Waals surface area contributed by atoms with Gasteiger partial charge in [0.2, 0.25) is 0 Å². The molecule has 0 amide bonds. The van der Waals surface area contributed by atoms with Gasteiger partial charge < -0.3 is 9.84 Å². The molecule has 2 rings (SSSR count). The third kappa shape index (κ3) is 2.33. The Labute approximate surface area is 101 Å². The summed E-state index contributed by atoms with van der Waals surface area (Å²) in [4.78, 5) is 11.1. The van der Waals surface area contributed by atoms with Crippen molar-refractivity contribution in [1.82, 2.24) is 0 Å². The summed E-state index contributed by atoms with van der Waals surface area (Å²) in [6.45, 7) is -0.231. The molecular weight excluding hydrogens is 249 g/mol. The van der Waals surface area contributed by atoms with Gasteiger partial charge in [0.1, 0.15) is 5.92 Å². The van der Waals surface area contributed by atoms with E-state index in [4.69, 9.17) is 5.11 Å². The number of alkyl halides is 3. The van der Waals surface area contributed by atoms with Gasteiger partial charge in [-0.2, -0.15) is 13.2 Å². The van der Waals surface area contributed by atoms with Crippen LogP contribution < -0.4 is 0 Å². The minimum absolute atomic E-state index is 0.231. The fraction of sp³-hybridized carbons (Fsp3) is 0.417. The van der Waals surface area contributed by atoms with Crippen molar-refractivity contribution in [3.05, 3.63) is 35.9 Å². The molecule has 18 heavy (non-hydrogen) atoms. The monoisotopic (exact) mass is 260 g/mol. The summed E-state index contributed by atoms with van der Waals surface area (Å²) in [6.07, 6.45) is -6.90. The molecule has 0 aliphatic carbocycles. The molecule has 0 aromatic heterocycles. The van der Waals surface area contributed by atoms with Gasteiger partial charge in [-0.25, -0.2) is 0 Å². The van der Waals surface area contributed by atoms with Crippen LogP contribution >= 0.6 is 0 Å². The number of carbonyl (C=O) groups is 1. The Morgan fingerprint density at radius 3 is 2.39 bits per heavy atom. The van der Waals surface area contributed by atoms with Crippen LogP contribution in [0.3, 0.4) is 0 Å². The maximum Gasteiger partial charge on any atom is 0.415 e. The van der Waals surface area contributed by atoms with E-state index < -0.39 is 30.1 Å². The first-order chi connectivity index (χ1) is 8.41. The molecule has 1 aromatic carbocycles. The number of rotatable bonds is 2. The summed E-state index contributed by atoms with van der Waals surface area (Å²) >= 11 is 0. The first-order valence-corrected chi connectivity index (χ1v) is 5.37. The SMILES string of the molecule is O=C(O)C1C(c2ccccc2)COC1C(F)(F)F. The highest BCUT2D eigenvalue weighted by atomic mass is 19.4. The van der Waals surface area contributed by atoms with Crippen LogP contribution in [0.2, 0.25) is 0 Å². The lowest BCUT2D eigenvalue weighted by atomic mass is 9.85. The van der Waals surface area contributed by atoms with Crippen molar-refractivity contribution in [2.75, 3.05) is 6.61 Å². The van der Waals surface area contributed by atoms with Crippen LogP contribution in [0.5, 0.6) is 0 Å². The van der Waals surface area contributed by atoms with Crippen molar-refractivity contribution in [3.63, 3.8) is 0 Å². The van der Waals surface area contributed by atoms with Crippen molar-refractivity contribution >= 4 is 5.97 Å². The number of carboxylic acids is 1. The molecule has 0 radical (unpaired) electrons. The number of carboxylic acid groups (broad SMARTS) is 1. The predicted octanol–water partition coefficient (Wildman–Crippen LogP) is 2.43. The molecule has 1 aromatic rings. The Morgan fingerprint density at radius 2 is 1.89 bits per heavy atom. The fourth-order valence-corrected chi connectivity index (χ4v) is 2.23. The van der Waals surface area contributed by atoms with Gasteiger partial charge in [-0.15, -0.1) is 0 Å². The van der Waals surface area contributed by atoms with Crippen LogP contribution in [0.1, 0.15) is 11.5 Å². The highest BCUT2D eigenvalue weighted by Gasteiger charge is 2.55. The van der Waals surface area contributed by atoms with E-state index in [-0.39, 0.29) is 6.61 Å². The lowest BCUT2D eigenvalue weighted by Crippen LogP contribution is -2.39. The zero-order valence-corrected chi connectivity index (χ0v) is 9.22. The normalized spacial score (nSPS) is 28.3. The molecular formula is C12H11F3O3. The number of hydrogen-bond acceptors (Lipinski definition) is 2. The third-order valence-corrected chi connectivity index (χ3v) is 3.05. The number of aliphatic carboxylic acids is 1. The van der Waals surface area contributed by atoms with Crippen LogP contribution in [0.15, 0.2) is 30.3 Å². The number of benzene rings is 1. The first-order valence-electron chi connectivity index (χ1n) is 5.37. The Balaban J connectivity index is 2.31. The van der Waals surface area contributed by atoms with Crippen molar-refractivity contribution in [2.24, 2.45) is 5.92 Å². The minimum Gasteiger partial charge on any atom is -0.481 e. The lowest BCUT2D eigenvalue weighted by molar-refractivity contribution is -0.219. The Kier molecular flexibility index (Phi) is 3.30. The van der Waals surface area contributed by atoms with Gasteiger partial charge in [-0.1, -0.05) is 30.3 Å². The van der Waals surface area contributed by atoms with Gasteiger partial charge in [0, 0.05) is 5.92 Å². The Morgan fingerprint density at radius 1 is 1.28 bits per heavy atom. The van der Waals surface area contributed by atoms with Gasteiger partial charge >= 0.3 is 12.1 Å². The minimum atomic E-state index is -4.66. The van der Waals surface area contributed by atoms with Gasteiger partial charge in [0.25, 0.3) is 0 Å². The molecule has 1 aliphatic heterocycles. The molecule has 3 nitrogen and oxygen atoms in total. The largest absolute Gasteiger partial charge is 0.481 e. The fourth-order valence-electron chi connectivity index (χ4n) is 2.23. The molecule has 6 heteroatoms. The maximum atomic E-state index is 12.7. The van der Waals surface area contributed by atoms with E-state index in [1.54, 1.807) is 30.3 Å². The van der Waals surface area contributed by atoms with Crippen LogP contribution in [-0.2, 0) is 9.53 Å². The van der Waals surface area contributed by atoms with Crippen LogP contribution in [0, 0.1) is 5.92 Å². The molecule has 0 spiro atoms. The summed E-state index contributed by atoms with van der Waals surface area (Å²) in [5, 5.41) is 9.00. The summed E-state index contributed by atoms with van der Waals surface area (Å²) in [5.74, 6) is -3.84. The zero-order chi connectivity index (χ0) is 13.3. The van der Waals surface area contributed by atoms with E-state index >= 15 is 0 Å². The van der Waals surface area contributed by atoms with E-state index in [0.717, 1.165) is 0 Å². The number of hydrogen-bond donors (Lipinski definition) is 1. The molecule has 1 saturated heterocycles. The highest BCUT2D eigenvalue weighted by molar-refractivity contribution is 5.73. The standard InChI is InChI=1S/C12H11F3O3/c13-12(14,15)10-9(11(16)17)8(6-18-10)7-4-2-1-3-5-7/h1-5,8-10H,6H2,(H,16,17). The van der Waals surface area contributed by atoms with E-state index in [9.17, 15) is 18.0 Å². The summed E-state index contributed by atoms with van der Waals surface area (Å²) in [6, 6.07) is 8.27. The number of halogens is 3. The molecule has 98 valence electrons. The summed E-state index contributed by atoms with van der Waals surface area (Å²) in [5.41, 5.74) is 0.552. The van der Waals surface area contributed by atoms with Gasteiger partial charge in [0.15, 0.2) is 6.10 Å². The topological polar surface area (TPSA) is 46.5 Å². The second-order valence-electron chi connectivity index (χ2n) is 4.18.